The number of hydrogen-bond acceptors (Lipinski definition) is 7. The number of alkyl carbamates (subject to hydrolysis) is 1. The highest BCUT2D eigenvalue weighted by atomic mass is 16.5. The number of carbonyl (C=O) groups is 3. The molecule has 1 unspecified atom stereocenters. The van der Waals surface area contributed by atoms with E-state index in [1.54, 1.807) is 19.2 Å². The van der Waals surface area contributed by atoms with Gasteiger partial charge in [0.15, 0.2) is 17.1 Å². The molecule has 3 atom stereocenters. The van der Waals surface area contributed by atoms with Crippen LogP contribution in [0, 0.1) is 11.8 Å². The van der Waals surface area contributed by atoms with Gasteiger partial charge in [-0.1, -0.05) is 76.1 Å². The third kappa shape index (κ3) is 9.47. The number of unbranched alkanes of at least 4 members (excludes halogenated alkanes) is 2. The second-order valence-corrected chi connectivity index (χ2v) is 12.1. The minimum atomic E-state index is -0.707. The first-order valence-electron chi connectivity index (χ1n) is 15.6. The molecular formula is C34H46N4O6. The van der Waals surface area contributed by atoms with Crippen molar-refractivity contribution in [3.05, 3.63) is 65.9 Å². The van der Waals surface area contributed by atoms with Crippen LogP contribution >= 0.6 is 0 Å². The third-order valence-electron chi connectivity index (χ3n) is 7.85. The third-order valence-corrected chi connectivity index (χ3v) is 7.85. The van der Waals surface area contributed by atoms with Crippen LogP contribution in [0.15, 0.2) is 59.0 Å². The predicted octanol–water partition coefficient (Wildman–Crippen LogP) is 5.81. The molecule has 0 spiro atoms. The van der Waals surface area contributed by atoms with E-state index >= 15 is 0 Å². The number of hydrazine groups is 1. The number of para-hydroxylation sites is 1. The van der Waals surface area contributed by atoms with Crippen LogP contribution in [0.3, 0.4) is 0 Å². The highest BCUT2D eigenvalue weighted by molar-refractivity contribution is 5.99. The maximum atomic E-state index is 13.5. The summed E-state index contributed by atoms with van der Waals surface area (Å²) in [4.78, 5) is 38.6. The lowest BCUT2D eigenvalue weighted by Crippen LogP contribution is -2.54. The van der Waals surface area contributed by atoms with Gasteiger partial charge < -0.3 is 24.5 Å². The van der Waals surface area contributed by atoms with Crippen LogP contribution in [0.1, 0.15) is 75.4 Å². The molecule has 0 bridgehead atoms. The summed E-state index contributed by atoms with van der Waals surface area (Å²) in [5, 5.41) is 8.51. The average Bonchev–Trinajstić information content (AvgIpc) is 3.60. The van der Waals surface area contributed by atoms with Crippen molar-refractivity contribution in [3.8, 4) is 5.75 Å². The fourth-order valence-corrected chi connectivity index (χ4v) is 5.67. The molecule has 3 amide bonds. The Hall–Kier alpha value is -4.05. The Morgan fingerprint density at radius 2 is 1.84 bits per heavy atom. The summed E-state index contributed by atoms with van der Waals surface area (Å²) in [6.07, 6.45) is 4.81. The second kappa shape index (κ2) is 16.1. The lowest BCUT2D eigenvalue weighted by atomic mass is 10.0. The van der Waals surface area contributed by atoms with Crippen LogP contribution in [0.25, 0.3) is 11.0 Å². The Kier molecular flexibility index (Phi) is 12.1. The Morgan fingerprint density at radius 1 is 1.05 bits per heavy atom. The van der Waals surface area contributed by atoms with E-state index in [0.29, 0.717) is 30.2 Å². The normalized spacial score (nSPS) is 17.4. The molecule has 1 saturated heterocycles. The van der Waals surface area contributed by atoms with Crippen molar-refractivity contribution in [1.82, 2.24) is 21.1 Å². The number of furan rings is 1. The van der Waals surface area contributed by atoms with Crippen LogP contribution < -0.4 is 20.8 Å². The molecule has 0 radical (unpaired) electrons. The highest BCUT2D eigenvalue weighted by Crippen LogP contribution is 2.29. The molecule has 10 heteroatoms. The van der Waals surface area contributed by atoms with Crippen LogP contribution in [0.4, 0.5) is 4.79 Å². The van der Waals surface area contributed by atoms with Crippen molar-refractivity contribution in [3.63, 3.8) is 0 Å². The number of ether oxygens (including phenoxy) is 2. The van der Waals surface area contributed by atoms with Crippen LogP contribution in [-0.2, 0) is 16.1 Å². The van der Waals surface area contributed by atoms with Gasteiger partial charge in [0.25, 0.3) is 11.8 Å². The van der Waals surface area contributed by atoms with Crippen LogP contribution in [0.2, 0.25) is 0 Å². The maximum absolute atomic E-state index is 13.5. The number of fused-ring (bicyclic) bond motifs is 1. The first-order valence-corrected chi connectivity index (χ1v) is 15.6. The fraction of sp³-hybridized carbons (Fsp3) is 0.500. The van der Waals surface area contributed by atoms with E-state index in [2.05, 4.69) is 23.0 Å². The zero-order valence-corrected chi connectivity index (χ0v) is 26.3. The van der Waals surface area contributed by atoms with E-state index in [1.165, 1.54) is 0 Å². The summed E-state index contributed by atoms with van der Waals surface area (Å²) in [5.41, 5.74) is 4.57. The zero-order chi connectivity index (χ0) is 31.5. The molecule has 0 aliphatic carbocycles. The molecule has 2 aromatic carbocycles. The maximum Gasteiger partial charge on any atom is 0.407 e. The van der Waals surface area contributed by atoms with E-state index < -0.39 is 18.0 Å². The standard InChI is InChI=1S/C34H46N4O6/c1-23(2)18-28(36-33(40)30-20-26-14-11-16-29(42-4)31(26)44-30)32(39)37-38-21-24(3)19-27(38)15-9-6-10-17-35-34(41)43-22-25-12-7-5-8-13-25/h5,7-8,11-14,16,20,23-24,27-28H,6,9-10,15,17-19,21-22H2,1-4H3,(H,35,41)(H,36,40)(H,37,39)/t24?,27-,28-/m0/s1. The van der Waals surface area contributed by atoms with Crippen molar-refractivity contribution in [2.75, 3.05) is 20.2 Å². The molecule has 1 aromatic heterocycles. The smallest absolute Gasteiger partial charge is 0.407 e. The molecule has 10 nitrogen and oxygen atoms in total. The van der Waals surface area contributed by atoms with E-state index in [-0.39, 0.29) is 30.2 Å². The van der Waals surface area contributed by atoms with Crippen molar-refractivity contribution in [2.45, 2.75) is 78.0 Å². The number of rotatable bonds is 15. The van der Waals surface area contributed by atoms with Gasteiger partial charge in [0.05, 0.1) is 7.11 Å². The topological polar surface area (TPSA) is 122 Å². The molecule has 1 aliphatic rings. The average molecular weight is 607 g/mol. The number of carbonyl (C=O) groups excluding carboxylic acids is 3. The number of hydrogen-bond donors (Lipinski definition) is 3. The molecule has 3 N–H and O–H groups in total. The summed E-state index contributed by atoms with van der Waals surface area (Å²) >= 11 is 0. The van der Waals surface area contributed by atoms with Crippen molar-refractivity contribution >= 4 is 28.9 Å². The fourth-order valence-electron chi connectivity index (χ4n) is 5.67. The van der Waals surface area contributed by atoms with E-state index in [0.717, 1.165) is 49.6 Å². The number of nitrogens with one attached hydrogen (secondary N) is 3. The minimum Gasteiger partial charge on any atom is -0.493 e. The molecular weight excluding hydrogens is 560 g/mol. The molecule has 3 aromatic rings. The van der Waals surface area contributed by atoms with Crippen molar-refractivity contribution < 1.29 is 28.3 Å². The van der Waals surface area contributed by atoms with E-state index in [9.17, 15) is 14.4 Å². The Labute approximate surface area is 259 Å². The summed E-state index contributed by atoms with van der Waals surface area (Å²) in [5.74, 6) is 0.665. The summed E-state index contributed by atoms with van der Waals surface area (Å²) in [6, 6.07) is 16.2. The molecule has 44 heavy (non-hydrogen) atoms. The monoisotopic (exact) mass is 606 g/mol. The Bertz CT molecular complexity index is 1370. The molecule has 1 aliphatic heterocycles. The van der Waals surface area contributed by atoms with E-state index in [4.69, 9.17) is 13.9 Å². The zero-order valence-electron chi connectivity index (χ0n) is 26.3. The van der Waals surface area contributed by atoms with Crippen LogP contribution in [0.5, 0.6) is 5.75 Å². The largest absolute Gasteiger partial charge is 0.493 e. The van der Waals surface area contributed by atoms with Crippen molar-refractivity contribution in [1.29, 1.82) is 0 Å². The number of amides is 3. The van der Waals surface area contributed by atoms with Crippen LogP contribution in [-0.4, -0.2) is 55.2 Å². The molecule has 2 heterocycles. The first-order chi connectivity index (χ1) is 21.2. The summed E-state index contributed by atoms with van der Waals surface area (Å²) in [7, 11) is 1.55. The minimum absolute atomic E-state index is 0.137. The lowest BCUT2D eigenvalue weighted by molar-refractivity contribution is -0.128. The SMILES string of the molecule is COc1cccc2cc(C(=O)N[C@@H](CC(C)C)C(=O)NN3CC(C)C[C@@H]3CCCCCNC(=O)OCc3ccccc3)oc12. The number of methoxy groups -OCH3 is 1. The van der Waals surface area contributed by atoms with Gasteiger partial charge in [0.1, 0.15) is 12.6 Å². The quantitative estimate of drug-likeness (QED) is 0.187. The highest BCUT2D eigenvalue weighted by Gasteiger charge is 2.33. The summed E-state index contributed by atoms with van der Waals surface area (Å²) < 4.78 is 16.4. The summed E-state index contributed by atoms with van der Waals surface area (Å²) in [6.45, 7) is 7.81. The van der Waals surface area contributed by atoms with Gasteiger partial charge >= 0.3 is 6.09 Å². The van der Waals surface area contributed by atoms with Gasteiger partial charge in [-0.2, -0.15) is 0 Å². The Balaban J connectivity index is 1.23. The van der Waals surface area contributed by atoms with Gasteiger partial charge in [-0.15, -0.1) is 0 Å². The van der Waals surface area contributed by atoms with E-state index in [1.807, 2.05) is 61.3 Å². The van der Waals surface area contributed by atoms with Gasteiger partial charge in [-0.3, -0.25) is 15.0 Å². The second-order valence-electron chi connectivity index (χ2n) is 12.1. The van der Waals surface area contributed by atoms with Gasteiger partial charge in [-0.25, -0.2) is 9.80 Å². The van der Waals surface area contributed by atoms with Gasteiger partial charge in [0, 0.05) is 24.5 Å². The molecule has 4 rings (SSSR count). The molecule has 0 saturated carbocycles. The van der Waals surface area contributed by atoms with Crippen molar-refractivity contribution in [2.24, 2.45) is 11.8 Å². The number of benzene rings is 2. The lowest BCUT2D eigenvalue weighted by Gasteiger charge is -2.28. The molecule has 238 valence electrons. The van der Waals surface area contributed by atoms with Gasteiger partial charge in [0.2, 0.25) is 0 Å². The number of nitrogens with zero attached hydrogens (tertiary/aromatic N) is 1. The van der Waals surface area contributed by atoms with Gasteiger partial charge in [-0.05, 0) is 55.2 Å². The molecule has 1 fully saturated rings. The predicted molar refractivity (Wildman–Crippen MR) is 169 cm³/mol. The first kappa shape index (κ1) is 32.9. The Morgan fingerprint density at radius 3 is 2.59 bits per heavy atom.